The normalized spacial score (nSPS) is 35.5. The van der Waals surface area contributed by atoms with Crippen molar-refractivity contribution in [2.45, 2.75) is 33.7 Å². The standard InChI is InChI=1S/C9H19NO/c1-8(2,5-11)6-7(10)9(6,3)4/h6-7,11H,5,10H2,1-4H3. The molecule has 0 radical (unpaired) electrons. The topological polar surface area (TPSA) is 46.2 Å². The first-order chi connectivity index (χ1) is 4.84. The maximum Gasteiger partial charge on any atom is 0.0485 e. The van der Waals surface area contributed by atoms with Crippen LogP contribution in [0.2, 0.25) is 0 Å². The van der Waals surface area contributed by atoms with Crippen molar-refractivity contribution in [3.8, 4) is 0 Å². The van der Waals surface area contributed by atoms with Gasteiger partial charge in [0.1, 0.15) is 0 Å². The fraction of sp³-hybridized carbons (Fsp3) is 1.00. The molecule has 2 nitrogen and oxygen atoms in total. The maximum atomic E-state index is 9.10. The number of rotatable bonds is 2. The number of aliphatic hydroxyl groups is 1. The molecule has 66 valence electrons. The smallest absolute Gasteiger partial charge is 0.0485 e. The Balaban J connectivity index is 2.67. The van der Waals surface area contributed by atoms with Crippen molar-refractivity contribution >= 4 is 0 Å². The summed E-state index contributed by atoms with van der Waals surface area (Å²) in [5, 5.41) is 9.10. The highest BCUT2D eigenvalue weighted by atomic mass is 16.3. The minimum atomic E-state index is -0.0110. The van der Waals surface area contributed by atoms with Gasteiger partial charge in [0.25, 0.3) is 0 Å². The summed E-state index contributed by atoms with van der Waals surface area (Å²) < 4.78 is 0. The Bertz CT molecular complexity index is 163. The zero-order chi connectivity index (χ0) is 8.86. The lowest BCUT2D eigenvalue weighted by Gasteiger charge is -2.23. The van der Waals surface area contributed by atoms with Crippen LogP contribution in [0.3, 0.4) is 0 Å². The Morgan fingerprint density at radius 3 is 1.91 bits per heavy atom. The predicted octanol–water partition coefficient (Wildman–Crippen LogP) is 0.988. The van der Waals surface area contributed by atoms with E-state index in [1.165, 1.54) is 0 Å². The minimum absolute atomic E-state index is 0.0110. The molecule has 11 heavy (non-hydrogen) atoms. The third kappa shape index (κ3) is 1.18. The number of hydrogen-bond donors (Lipinski definition) is 2. The van der Waals surface area contributed by atoms with Crippen LogP contribution in [0, 0.1) is 16.7 Å². The van der Waals surface area contributed by atoms with E-state index in [2.05, 4.69) is 27.7 Å². The molecule has 1 saturated carbocycles. The highest BCUT2D eigenvalue weighted by Crippen LogP contribution is 2.58. The molecule has 0 heterocycles. The molecule has 2 atom stereocenters. The van der Waals surface area contributed by atoms with E-state index in [4.69, 9.17) is 10.8 Å². The largest absolute Gasteiger partial charge is 0.396 e. The van der Waals surface area contributed by atoms with Gasteiger partial charge in [0.05, 0.1) is 0 Å². The van der Waals surface area contributed by atoms with Crippen LogP contribution in [-0.4, -0.2) is 17.8 Å². The van der Waals surface area contributed by atoms with Gasteiger partial charge in [-0.1, -0.05) is 27.7 Å². The van der Waals surface area contributed by atoms with Gasteiger partial charge in [-0.05, 0) is 16.7 Å². The van der Waals surface area contributed by atoms with Crippen molar-refractivity contribution in [1.82, 2.24) is 0 Å². The average molecular weight is 157 g/mol. The Labute approximate surface area is 68.8 Å². The lowest BCUT2D eigenvalue weighted by molar-refractivity contribution is 0.123. The molecule has 0 aromatic carbocycles. The molecule has 0 aromatic heterocycles. The van der Waals surface area contributed by atoms with E-state index < -0.39 is 0 Å². The minimum Gasteiger partial charge on any atom is -0.396 e. The van der Waals surface area contributed by atoms with Crippen molar-refractivity contribution in [3.63, 3.8) is 0 Å². The molecule has 0 saturated heterocycles. The monoisotopic (exact) mass is 157 g/mol. The molecule has 0 bridgehead atoms. The van der Waals surface area contributed by atoms with Crippen LogP contribution < -0.4 is 5.73 Å². The Morgan fingerprint density at radius 1 is 1.45 bits per heavy atom. The second kappa shape index (κ2) is 2.20. The summed E-state index contributed by atoms with van der Waals surface area (Å²) in [7, 11) is 0. The number of aliphatic hydroxyl groups excluding tert-OH is 1. The summed E-state index contributed by atoms with van der Waals surface area (Å²) in [4.78, 5) is 0. The molecular weight excluding hydrogens is 138 g/mol. The maximum absolute atomic E-state index is 9.10. The van der Waals surface area contributed by atoms with Gasteiger partial charge in [-0.25, -0.2) is 0 Å². The third-order valence-electron chi connectivity index (χ3n) is 3.16. The molecule has 1 aliphatic carbocycles. The first-order valence-electron chi connectivity index (χ1n) is 4.20. The van der Waals surface area contributed by atoms with Gasteiger partial charge in [-0.2, -0.15) is 0 Å². The van der Waals surface area contributed by atoms with Gasteiger partial charge in [0.2, 0.25) is 0 Å². The molecule has 2 unspecified atom stereocenters. The number of hydrogen-bond acceptors (Lipinski definition) is 2. The van der Waals surface area contributed by atoms with Crippen LogP contribution in [-0.2, 0) is 0 Å². The average Bonchev–Trinajstić information content (AvgIpc) is 2.34. The van der Waals surface area contributed by atoms with Gasteiger partial charge in [-0.3, -0.25) is 0 Å². The van der Waals surface area contributed by atoms with E-state index >= 15 is 0 Å². The zero-order valence-electron chi connectivity index (χ0n) is 7.89. The van der Waals surface area contributed by atoms with E-state index in [9.17, 15) is 0 Å². The molecule has 0 aliphatic heterocycles. The molecular formula is C9H19NO. The lowest BCUT2D eigenvalue weighted by atomic mass is 9.84. The molecule has 1 aliphatic rings. The van der Waals surface area contributed by atoms with Crippen LogP contribution in [0.5, 0.6) is 0 Å². The van der Waals surface area contributed by atoms with Gasteiger partial charge in [-0.15, -0.1) is 0 Å². The van der Waals surface area contributed by atoms with Crippen molar-refractivity contribution < 1.29 is 5.11 Å². The zero-order valence-corrected chi connectivity index (χ0v) is 7.89. The van der Waals surface area contributed by atoms with Crippen LogP contribution in [0.15, 0.2) is 0 Å². The van der Waals surface area contributed by atoms with E-state index in [-0.39, 0.29) is 23.5 Å². The van der Waals surface area contributed by atoms with E-state index in [0.717, 1.165) is 0 Å². The van der Waals surface area contributed by atoms with Gasteiger partial charge < -0.3 is 10.8 Å². The highest BCUT2D eigenvalue weighted by molar-refractivity contribution is 5.13. The quantitative estimate of drug-likeness (QED) is 0.628. The predicted molar refractivity (Wildman–Crippen MR) is 46.1 cm³/mol. The van der Waals surface area contributed by atoms with E-state index in [1.807, 2.05) is 0 Å². The Hall–Kier alpha value is -0.0800. The summed E-state index contributed by atoms with van der Waals surface area (Å²) in [6.45, 7) is 8.72. The summed E-state index contributed by atoms with van der Waals surface area (Å²) in [5.41, 5.74) is 6.11. The van der Waals surface area contributed by atoms with Crippen molar-refractivity contribution in [3.05, 3.63) is 0 Å². The molecule has 3 N–H and O–H groups in total. The molecule has 2 heteroatoms. The van der Waals surface area contributed by atoms with Gasteiger partial charge in [0, 0.05) is 12.6 Å². The molecule has 0 spiro atoms. The molecule has 0 amide bonds. The Morgan fingerprint density at radius 2 is 1.82 bits per heavy atom. The molecule has 1 fully saturated rings. The summed E-state index contributed by atoms with van der Waals surface area (Å²) in [6.07, 6.45) is 0. The van der Waals surface area contributed by atoms with Gasteiger partial charge in [0.15, 0.2) is 0 Å². The van der Waals surface area contributed by atoms with Crippen molar-refractivity contribution in [2.75, 3.05) is 6.61 Å². The lowest BCUT2D eigenvalue weighted by Crippen LogP contribution is -2.23. The first kappa shape index (κ1) is 9.01. The van der Waals surface area contributed by atoms with Crippen LogP contribution in [0.1, 0.15) is 27.7 Å². The fourth-order valence-electron chi connectivity index (χ4n) is 2.27. The number of nitrogens with two attached hydrogens (primary N) is 1. The molecule has 1 rings (SSSR count). The second-order valence-corrected chi connectivity index (χ2v) is 4.97. The summed E-state index contributed by atoms with van der Waals surface area (Å²) in [6, 6.07) is 0.268. The van der Waals surface area contributed by atoms with E-state index in [0.29, 0.717) is 5.92 Å². The summed E-state index contributed by atoms with van der Waals surface area (Å²) >= 11 is 0. The Kier molecular flexibility index (Phi) is 1.81. The van der Waals surface area contributed by atoms with E-state index in [1.54, 1.807) is 0 Å². The van der Waals surface area contributed by atoms with Crippen LogP contribution >= 0.6 is 0 Å². The van der Waals surface area contributed by atoms with Crippen molar-refractivity contribution in [2.24, 2.45) is 22.5 Å². The first-order valence-corrected chi connectivity index (χ1v) is 4.20. The highest BCUT2D eigenvalue weighted by Gasteiger charge is 2.61. The van der Waals surface area contributed by atoms with Gasteiger partial charge >= 0.3 is 0 Å². The van der Waals surface area contributed by atoms with Crippen molar-refractivity contribution in [1.29, 1.82) is 0 Å². The SMILES string of the molecule is CC(C)(CO)C1C(N)C1(C)C. The third-order valence-corrected chi connectivity index (χ3v) is 3.16. The van der Waals surface area contributed by atoms with Crippen LogP contribution in [0.4, 0.5) is 0 Å². The second-order valence-electron chi connectivity index (χ2n) is 4.97. The fourth-order valence-corrected chi connectivity index (χ4v) is 2.27. The molecule has 0 aromatic rings. The van der Waals surface area contributed by atoms with Crippen LogP contribution in [0.25, 0.3) is 0 Å². The summed E-state index contributed by atoms with van der Waals surface area (Å²) in [5.74, 6) is 0.472.